The molecule has 1 aromatic carbocycles. The summed E-state index contributed by atoms with van der Waals surface area (Å²) in [7, 11) is 0. The van der Waals surface area contributed by atoms with E-state index >= 15 is 0 Å². The summed E-state index contributed by atoms with van der Waals surface area (Å²) in [5, 5.41) is 0. The Labute approximate surface area is 137 Å². The summed E-state index contributed by atoms with van der Waals surface area (Å²) < 4.78 is 10.7. The molecule has 2 N–H and O–H groups in total. The predicted molar refractivity (Wildman–Crippen MR) is 86.3 cm³/mol. The molecule has 2 aliphatic rings. The number of carbonyl (C=O) groups is 1. The Balaban J connectivity index is 0.00000176. The van der Waals surface area contributed by atoms with Crippen LogP contribution in [0, 0.1) is 0 Å². The summed E-state index contributed by atoms with van der Waals surface area (Å²) in [5.74, 6) is 1.56. The number of amides is 1. The summed E-state index contributed by atoms with van der Waals surface area (Å²) in [6.07, 6.45) is 5.82. The Morgan fingerprint density at radius 1 is 1.18 bits per heavy atom. The average Bonchev–Trinajstić information content (AvgIpc) is 3.00. The van der Waals surface area contributed by atoms with E-state index in [1.807, 2.05) is 23.1 Å². The van der Waals surface area contributed by atoms with Gasteiger partial charge in [-0.1, -0.05) is 25.3 Å². The molecule has 0 radical (unpaired) electrons. The van der Waals surface area contributed by atoms with Crippen LogP contribution in [-0.4, -0.2) is 30.2 Å². The molecule has 1 fully saturated rings. The van der Waals surface area contributed by atoms with Crippen molar-refractivity contribution in [3.05, 3.63) is 23.8 Å². The summed E-state index contributed by atoms with van der Waals surface area (Å²) >= 11 is 0. The van der Waals surface area contributed by atoms with Gasteiger partial charge in [0.1, 0.15) is 0 Å². The molecule has 0 bridgehead atoms. The molecule has 0 atom stereocenters. The normalized spacial score (nSPS) is 17.0. The van der Waals surface area contributed by atoms with Crippen molar-refractivity contribution < 1.29 is 14.3 Å². The molecule has 0 spiro atoms. The first kappa shape index (κ1) is 16.9. The van der Waals surface area contributed by atoms with E-state index in [2.05, 4.69) is 0 Å². The van der Waals surface area contributed by atoms with Crippen LogP contribution in [0.25, 0.3) is 0 Å². The maximum atomic E-state index is 12.2. The van der Waals surface area contributed by atoms with Crippen molar-refractivity contribution in [1.29, 1.82) is 0 Å². The molecule has 1 saturated carbocycles. The first-order chi connectivity index (χ1) is 10.3. The fourth-order valence-electron chi connectivity index (χ4n) is 3.17. The smallest absolute Gasteiger partial charge is 0.236 e. The van der Waals surface area contributed by atoms with Gasteiger partial charge in [0.25, 0.3) is 0 Å². The second-order valence-electron chi connectivity index (χ2n) is 5.71. The molecule has 122 valence electrons. The quantitative estimate of drug-likeness (QED) is 0.923. The van der Waals surface area contributed by atoms with Gasteiger partial charge in [-0.05, 0) is 30.5 Å². The Morgan fingerprint density at radius 2 is 1.91 bits per heavy atom. The average molecular weight is 327 g/mol. The van der Waals surface area contributed by atoms with Gasteiger partial charge in [0.05, 0.1) is 6.54 Å². The standard InChI is InChI=1S/C16H22N2O3.ClH/c17-9-16(19)18(13-4-2-1-3-5-13)10-12-6-7-14-15(8-12)21-11-20-14;/h6-8,13H,1-5,9-11,17H2;1H. The van der Waals surface area contributed by atoms with Crippen molar-refractivity contribution in [2.45, 2.75) is 44.7 Å². The van der Waals surface area contributed by atoms with Gasteiger partial charge < -0.3 is 20.1 Å². The van der Waals surface area contributed by atoms with Gasteiger partial charge in [0.15, 0.2) is 11.5 Å². The van der Waals surface area contributed by atoms with E-state index in [0.717, 1.165) is 29.9 Å². The number of nitrogens with zero attached hydrogens (tertiary/aromatic N) is 1. The van der Waals surface area contributed by atoms with E-state index in [-0.39, 0.29) is 31.7 Å². The molecule has 6 heteroatoms. The lowest BCUT2D eigenvalue weighted by Gasteiger charge is -2.34. The Bertz CT molecular complexity index is 518. The number of halogens is 1. The fraction of sp³-hybridized carbons (Fsp3) is 0.562. The van der Waals surface area contributed by atoms with Crippen LogP contribution < -0.4 is 15.2 Å². The molecule has 22 heavy (non-hydrogen) atoms. The molecule has 3 rings (SSSR count). The second kappa shape index (κ2) is 7.70. The number of ether oxygens (including phenoxy) is 2. The van der Waals surface area contributed by atoms with Crippen LogP contribution >= 0.6 is 12.4 Å². The van der Waals surface area contributed by atoms with Crippen LogP contribution in [0.3, 0.4) is 0 Å². The van der Waals surface area contributed by atoms with Crippen molar-refractivity contribution in [1.82, 2.24) is 4.90 Å². The van der Waals surface area contributed by atoms with Gasteiger partial charge in [-0.2, -0.15) is 0 Å². The Morgan fingerprint density at radius 3 is 2.64 bits per heavy atom. The molecule has 1 amide bonds. The third-order valence-electron chi connectivity index (χ3n) is 4.30. The van der Waals surface area contributed by atoms with Crippen LogP contribution in [0.4, 0.5) is 0 Å². The highest BCUT2D eigenvalue weighted by Crippen LogP contribution is 2.33. The van der Waals surface area contributed by atoms with Crippen LogP contribution in [0.2, 0.25) is 0 Å². The van der Waals surface area contributed by atoms with E-state index in [9.17, 15) is 4.79 Å². The third kappa shape index (κ3) is 3.65. The zero-order valence-corrected chi connectivity index (χ0v) is 13.4. The number of benzene rings is 1. The molecule has 5 nitrogen and oxygen atoms in total. The number of fused-ring (bicyclic) bond motifs is 1. The summed E-state index contributed by atoms with van der Waals surface area (Å²) in [6, 6.07) is 6.18. The highest BCUT2D eigenvalue weighted by Gasteiger charge is 2.25. The van der Waals surface area contributed by atoms with E-state index in [1.165, 1.54) is 19.3 Å². The van der Waals surface area contributed by atoms with Crippen molar-refractivity contribution in [3.8, 4) is 11.5 Å². The predicted octanol–water partition coefficient (Wildman–Crippen LogP) is 2.46. The minimum Gasteiger partial charge on any atom is -0.454 e. The maximum absolute atomic E-state index is 12.2. The van der Waals surface area contributed by atoms with Crippen molar-refractivity contribution in [2.75, 3.05) is 13.3 Å². The summed E-state index contributed by atoms with van der Waals surface area (Å²) in [6.45, 7) is 0.936. The molecular formula is C16H23ClN2O3. The minimum absolute atomic E-state index is 0. The molecule has 1 aliphatic carbocycles. The highest BCUT2D eigenvalue weighted by atomic mass is 35.5. The molecule has 0 aromatic heterocycles. The molecule has 1 aromatic rings. The van der Waals surface area contributed by atoms with Crippen LogP contribution in [-0.2, 0) is 11.3 Å². The van der Waals surface area contributed by atoms with Crippen LogP contribution in [0.5, 0.6) is 11.5 Å². The Hall–Kier alpha value is -1.46. The first-order valence-corrected chi connectivity index (χ1v) is 7.66. The zero-order chi connectivity index (χ0) is 14.7. The van der Waals surface area contributed by atoms with Gasteiger partial charge in [-0.25, -0.2) is 0 Å². The minimum atomic E-state index is 0. The largest absolute Gasteiger partial charge is 0.454 e. The molecule has 1 heterocycles. The number of rotatable bonds is 4. The summed E-state index contributed by atoms with van der Waals surface area (Å²) in [4.78, 5) is 14.1. The SMILES string of the molecule is Cl.NCC(=O)N(Cc1ccc2c(c1)OCO2)C1CCCCC1. The second-order valence-corrected chi connectivity index (χ2v) is 5.71. The van der Waals surface area contributed by atoms with Gasteiger partial charge in [0, 0.05) is 12.6 Å². The van der Waals surface area contributed by atoms with Gasteiger partial charge in [-0.3, -0.25) is 4.79 Å². The first-order valence-electron chi connectivity index (χ1n) is 7.66. The van der Waals surface area contributed by atoms with E-state index in [1.54, 1.807) is 0 Å². The maximum Gasteiger partial charge on any atom is 0.236 e. The van der Waals surface area contributed by atoms with Gasteiger partial charge in [0.2, 0.25) is 12.7 Å². The number of hydrogen-bond donors (Lipinski definition) is 1. The van der Waals surface area contributed by atoms with Gasteiger partial charge in [-0.15, -0.1) is 12.4 Å². The lowest BCUT2D eigenvalue weighted by molar-refractivity contribution is -0.133. The van der Waals surface area contributed by atoms with E-state index in [0.29, 0.717) is 12.6 Å². The molecule has 0 unspecified atom stereocenters. The van der Waals surface area contributed by atoms with E-state index < -0.39 is 0 Å². The highest BCUT2D eigenvalue weighted by molar-refractivity contribution is 5.85. The van der Waals surface area contributed by atoms with Crippen molar-refractivity contribution in [3.63, 3.8) is 0 Å². The van der Waals surface area contributed by atoms with E-state index in [4.69, 9.17) is 15.2 Å². The topological polar surface area (TPSA) is 64.8 Å². The monoisotopic (exact) mass is 326 g/mol. The number of nitrogens with two attached hydrogens (primary N) is 1. The van der Waals surface area contributed by atoms with Crippen LogP contribution in [0.1, 0.15) is 37.7 Å². The Kier molecular flexibility index (Phi) is 5.91. The molecular weight excluding hydrogens is 304 g/mol. The number of hydrogen-bond acceptors (Lipinski definition) is 4. The summed E-state index contributed by atoms with van der Waals surface area (Å²) in [5.41, 5.74) is 6.65. The van der Waals surface area contributed by atoms with Gasteiger partial charge >= 0.3 is 0 Å². The van der Waals surface area contributed by atoms with Crippen molar-refractivity contribution >= 4 is 18.3 Å². The zero-order valence-electron chi connectivity index (χ0n) is 12.6. The van der Waals surface area contributed by atoms with Crippen molar-refractivity contribution in [2.24, 2.45) is 5.73 Å². The fourth-order valence-corrected chi connectivity index (χ4v) is 3.17. The lowest BCUT2D eigenvalue weighted by atomic mass is 9.93. The lowest BCUT2D eigenvalue weighted by Crippen LogP contribution is -2.43. The third-order valence-corrected chi connectivity index (χ3v) is 4.30. The molecule has 0 saturated heterocycles. The number of carbonyl (C=O) groups excluding carboxylic acids is 1. The van der Waals surface area contributed by atoms with Crippen LogP contribution in [0.15, 0.2) is 18.2 Å². The molecule has 1 aliphatic heterocycles.